The molecule has 2 nitrogen and oxygen atoms in total. The van der Waals surface area contributed by atoms with E-state index in [2.05, 4.69) is 183 Å². The number of fused-ring (bicyclic) bond motifs is 17. The lowest BCUT2D eigenvalue weighted by atomic mass is 9.49. The van der Waals surface area contributed by atoms with Gasteiger partial charge >= 0.3 is 0 Å². The summed E-state index contributed by atoms with van der Waals surface area (Å²) < 4.78 is 6.58. The highest BCUT2D eigenvalue weighted by Crippen LogP contribution is 2.65. The number of nitrogens with zero attached hydrogens (tertiary/aromatic N) is 1. The Morgan fingerprint density at radius 1 is 0.469 bits per heavy atom. The molecule has 5 aliphatic rings. The van der Waals surface area contributed by atoms with Gasteiger partial charge in [-0.15, -0.1) is 0 Å². The van der Waals surface area contributed by atoms with Crippen LogP contribution in [0.1, 0.15) is 87.5 Å². The van der Waals surface area contributed by atoms with Crippen molar-refractivity contribution >= 4 is 49.8 Å². The van der Waals surface area contributed by atoms with Gasteiger partial charge in [-0.1, -0.05) is 142 Å². The summed E-state index contributed by atoms with van der Waals surface area (Å²) in [5.41, 5.74) is 19.9. The zero-order chi connectivity index (χ0) is 42.3. The summed E-state index contributed by atoms with van der Waals surface area (Å²) in [6.07, 6.45) is 10.4. The minimum Gasteiger partial charge on any atom is -0.456 e. The predicted octanol–water partition coefficient (Wildman–Crippen LogP) is 17.1. The first-order chi connectivity index (χ1) is 31.5. The third-order valence-corrected chi connectivity index (χ3v) is 17.3. The Kier molecular flexibility index (Phi) is 7.85. The van der Waals surface area contributed by atoms with E-state index in [0.29, 0.717) is 11.8 Å². The van der Waals surface area contributed by atoms with Crippen LogP contribution in [0, 0.1) is 23.7 Å². The van der Waals surface area contributed by atoms with Crippen LogP contribution in [0.2, 0.25) is 0 Å². The number of hydrogen-bond acceptors (Lipinski definition) is 2. The molecule has 2 spiro atoms. The molecular formula is C62H53NO. The SMILES string of the molecule is C[C@@H]1CC2C[C@H](C1)[C@@]1(c3ccccc3-c3cc(-c4ccc(N(c5ccc6c(c5)C5(CCCC5)c5ccccc5-6)c5ccc6c(c5)oc5ccccc56)c5ccccc45)ccc31)[C@@H](C)C2. The van der Waals surface area contributed by atoms with Gasteiger partial charge in [0.1, 0.15) is 11.2 Å². The van der Waals surface area contributed by atoms with Gasteiger partial charge in [0.25, 0.3) is 0 Å². The van der Waals surface area contributed by atoms with E-state index in [1.807, 2.05) is 0 Å². The van der Waals surface area contributed by atoms with Crippen molar-refractivity contribution in [1.82, 2.24) is 0 Å². The van der Waals surface area contributed by atoms with Gasteiger partial charge < -0.3 is 9.32 Å². The minimum absolute atomic E-state index is 0.0688. The Morgan fingerprint density at radius 3 is 1.98 bits per heavy atom. The van der Waals surface area contributed by atoms with Gasteiger partial charge in [-0.2, -0.15) is 0 Å². The van der Waals surface area contributed by atoms with Crippen LogP contribution >= 0.6 is 0 Å². The highest BCUT2D eigenvalue weighted by Gasteiger charge is 2.56. The molecule has 0 aliphatic heterocycles. The molecule has 2 heteroatoms. The van der Waals surface area contributed by atoms with Crippen LogP contribution in [0.4, 0.5) is 17.1 Å². The number of para-hydroxylation sites is 1. The molecule has 0 radical (unpaired) electrons. The summed E-state index contributed by atoms with van der Waals surface area (Å²) in [6.45, 7) is 5.09. The fraction of sp³-hybridized carbons (Fsp3) is 0.258. The van der Waals surface area contributed by atoms with Crippen molar-refractivity contribution in [3.05, 3.63) is 186 Å². The van der Waals surface area contributed by atoms with Crippen molar-refractivity contribution in [2.24, 2.45) is 23.7 Å². The Morgan fingerprint density at radius 2 is 1.12 bits per heavy atom. The van der Waals surface area contributed by atoms with E-state index in [-0.39, 0.29) is 10.8 Å². The van der Waals surface area contributed by atoms with Gasteiger partial charge in [0.05, 0.1) is 5.69 Å². The molecule has 3 saturated carbocycles. The normalized spacial score (nSPS) is 23.5. The van der Waals surface area contributed by atoms with E-state index in [9.17, 15) is 0 Å². The first-order valence-corrected chi connectivity index (χ1v) is 24.2. The predicted molar refractivity (Wildman–Crippen MR) is 266 cm³/mol. The number of hydrogen-bond donors (Lipinski definition) is 0. The molecule has 8 aromatic carbocycles. The van der Waals surface area contributed by atoms with Crippen molar-refractivity contribution in [1.29, 1.82) is 0 Å². The Balaban J connectivity index is 0.952. The molecular weight excluding hydrogens is 775 g/mol. The van der Waals surface area contributed by atoms with Gasteiger partial charge in [-0.25, -0.2) is 0 Å². The van der Waals surface area contributed by atoms with Gasteiger partial charge in [0.2, 0.25) is 0 Å². The van der Waals surface area contributed by atoms with Crippen LogP contribution in [-0.4, -0.2) is 0 Å². The van der Waals surface area contributed by atoms with Crippen LogP contribution in [0.5, 0.6) is 0 Å². The highest BCUT2D eigenvalue weighted by molar-refractivity contribution is 6.09. The van der Waals surface area contributed by atoms with Crippen molar-refractivity contribution in [3.63, 3.8) is 0 Å². The molecule has 5 aliphatic carbocycles. The number of benzene rings is 8. The molecule has 1 aromatic heterocycles. The Bertz CT molecular complexity index is 3380. The van der Waals surface area contributed by atoms with Gasteiger partial charge in [0.15, 0.2) is 0 Å². The lowest BCUT2D eigenvalue weighted by Crippen LogP contribution is -2.49. The largest absolute Gasteiger partial charge is 0.456 e. The second kappa shape index (κ2) is 13.6. The fourth-order valence-electron chi connectivity index (χ4n) is 15.0. The second-order valence-electron chi connectivity index (χ2n) is 20.5. The van der Waals surface area contributed by atoms with Crippen molar-refractivity contribution in [3.8, 4) is 33.4 Å². The van der Waals surface area contributed by atoms with E-state index in [1.54, 1.807) is 11.1 Å². The maximum atomic E-state index is 6.58. The second-order valence-corrected chi connectivity index (χ2v) is 20.5. The molecule has 2 bridgehead atoms. The van der Waals surface area contributed by atoms with Crippen LogP contribution in [0.25, 0.3) is 66.1 Å². The van der Waals surface area contributed by atoms with Crippen LogP contribution in [-0.2, 0) is 10.8 Å². The van der Waals surface area contributed by atoms with Gasteiger partial charge in [-0.05, 0) is 166 Å². The van der Waals surface area contributed by atoms with Crippen LogP contribution < -0.4 is 4.90 Å². The molecule has 9 aromatic rings. The van der Waals surface area contributed by atoms with Gasteiger partial charge in [-0.3, -0.25) is 0 Å². The standard InChI is InChI=1S/C62H53NO/c1-38-31-40-33-39(2)62(42(32-38)34-40)55-19-9-6-15-48(55)53-35-41(21-27-56(53)62)45-26-28-58(50-16-4-3-13-46(45)50)63(44-23-25-52-51-17-7-10-20-59(51)64-60(52)37-44)43-22-24-49-47-14-5-8-18-54(47)61(57(49)36-43)29-11-12-30-61/h3-10,13-28,35-40,42H,11-12,29-34H2,1-2H3/t38-,39+,40?,42+,62-/m1/s1. The van der Waals surface area contributed by atoms with E-state index < -0.39 is 0 Å². The summed E-state index contributed by atoms with van der Waals surface area (Å²) in [7, 11) is 0. The number of furan rings is 1. The number of anilines is 3. The average Bonchev–Trinajstić information content (AvgIpc) is 4.10. The van der Waals surface area contributed by atoms with Gasteiger partial charge in [0, 0.05) is 44.4 Å². The molecule has 5 atom stereocenters. The Labute approximate surface area is 376 Å². The summed E-state index contributed by atoms with van der Waals surface area (Å²) in [4.78, 5) is 2.51. The molecule has 0 N–H and O–H groups in total. The zero-order valence-electron chi connectivity index (χ0n) is 36.9. The highest BCUT2D eigenvalue weighted by atomic mass is 16.3. The topological polar surface area (TPSA) is 16.4 Å². The molecule has 1 unspecified atom stereocenters. The molecule has 64 heavy (non-hydrogen) atoms. The minimum atomic E-state index is 0.0688. The third kappa shape index (κ3) is 4.98. The monoisotopic (exact) mass is 827 g/mol. The lowest BCUT2D eigenvalue weighted by Gasteiger charge is -2.54. The van der Waals surface area contributed by atoms with Crippen LogP contribution in [0.3, 0.4) is 0 Å². The Hall–Kier alpha value is -6.38. The molecule has 0 amide bonds. The molecule has 0 saturated heterocycles. The number of rotatable bonds is 4. The fourth-order valence-corrected chi connectivity index (χ4v) is 15.0. The van der Waals surface area contributed by atoms with Crippen molar-refractivity contribution in [2.75, 3.05) is 4.90 Å². The molecule has 1 heterocycles. The molecule has 312 valence electrons. The van der Waals surface area contributed by atoms with Crippen LogP contribution in [0.15, 0.2) is 168 Å². The quantitative estimate of drug-likeness (QED) is 0.176. The molecule has 14 rings (SSSR count). The maximum absolute atomic E-state index is 6.58. The van der Waals surface area contributed by atoms with E-state index in [1.165, 1.54) is 118 Å². The summed E-state index contributed by atoms with van der Waals surface area (Å²) in [5, 5.41) is 4.81. The average molecular weight is 828 g/mol. The third-order valence-electron chi connectivity index (χ3n) is 17.3. The lowest BCUT2D eigenvalue weighted by molar-refractivity contribution is 0.0426. The van der Waals surface area contributed by atoms with Crippen molar-refractivity contribution in [2.45, 2.75) is 76.0 Å². The smallest absolute Gasteiger partial charge is 0.137 e. The maximum Gasteiger partial charge on any atom is 0.137 e. The summed E-state index contributed by atoms with van der Waals surface area (Å²) in [5.74, 6) is 2.98. The summed E-state index contributed by atoms with van der Waals surface area (Å²) in [6, 6.07) is 62.7. The van der Waals surface area contributed by atoms with E-state index in [4.69, 9.17) is 4.42 Å². The van der Waals surface area contributed by atoms with E-state index >= 15 is 0 Å². The zero-order valence-corrected chi connectivity index (χ0v) is 36.9. The summed E-state index contributed by atoms with van der Waals surface area (Å²) >= 11 is 0. The van der Waals surface area contributed by atoms with Crippen molar-refractivity contribution < 1.29 is 4.42 Å². The first-order valence-electron chi connectivity index (χ1n) is 24.2. The molecule has 3 fully saturated rings. The van der Waals surface area contributed by atoms with E-state index in [0.717, 1.165) is 39.5 Å². The first kappa shape index (κ1) is 37.0.